The average Bonchev–Trinajstić information content (AvgIpc) is 3.40. The van der Waals surface area contributed by atoms with E-state index in [9.17, 15) is 14.4 Å². The standard InChI is InChI=1S/C68H110O6/c1-4-7-10-13-16-19-21-23-25-27-29-31-33-34-36-37-39-41-43-45-47-49-52-55-58-61-67(70)73-64-65(63-72-66(69)60-57-54-51-18-15-12-9-6-3)74-68(71)62-59-56-53-50-48-46-44-42-40-38-35-32-30-28-26-24-22-20-17-14-11-8-5-2/h7-8,10-11,16-17,19-20,23-26,29-32,38,40,44,46,50,53,65H,4-6,9,12-15,18,21-22,27-28,33-37,39,41-43,45,47-49,51-52,54-64H2,1-3H3/b10-7-,11-8-,19-16-,20-17-,25-23-,26-24-,31-29-,32-30-,40-38-,46-44-,53-50-. The Morgan fingerprint density at radius 2 is 0.541 bits per heavy atom. The second-order valence-electron chi connectivity index (χ2n) is 19.5. The molecule has 0 aliphatic heterocycles. The number of allylic oxidation sites excluding steroid dienone is 22. The van der Waals surface area contributed by atoms with E-state index in [-0.39, 0.29) is 37.5 Å². The second-order valence-corrected chi connectivity index (χ2v) is 19.5. The lowest BCUT2D eigenvalue weighted by atomic mass is 10.0. The van der Waals surface area contributed by atoms with Gasteiger partial charge in [0.05, 0.1) is 0 Å². The quantitative estimate of drug-likeness (QED) is 0.0261. The van der Waals surface area contributed by atoms with Crippen LogP contribution < -0.4 is 0 Å². The molecule has 0 aliphatic rings. The minimum Gasteiger partial charge on any atom is -0.462 e. The summed E-state index contributed by atoms with van der Waals surface area (Å²) in [5.41, 5.74) is 0. The monoisotopic (exact) mass is 1020 g/mol. The summed E-state index contributed by atoms with van der Waals surface area (Å²) < 4.78 is 16.8. The molecule has 1 unspecified atom stereocenters. The van der Waals surface area contributed by atoms with Crippen molar-refractivity contribution in [2.75, 3.05) is 13.2 Å². The number of hydrogen-bond acceptors (Lipinski definition) is 6. The largest absolute Gasteiger partial charge is 0.462 e. The number of carbonyl (C=O) groups is 3. The highest BCUT2D eigenvalue weighted by atomic mass is 16.6. The lowest BCUT2D eigenvalue weighted by molar-refractivity contribution is -0.167. The van der Waals surface area contributed by atoms with Gasteiger partial charge in [-0.25, -0.2) is 0 Å². The third-order valence-electron chi connectivity index (χ3n) is 12.4. The SMILES string of the molecule is CC/C=C\C/C=C\C/C=C\C/C=C\C/C=C\C/C=C\C/C=C\CCCC(=O)OC(COC(=O)CCCCCCCCCC)COC(=O)CCCCCCCCCCCCCC/C=C\C/C=C\C/C=C\C/C=C\CC. The first-order valence-corrected chi connectivity index (χ1v) is 30.2. The Morgan fingerprint density at radius 3 is 0.865 bits per heavy atom. The molecule has 0 rings (SSSR count). The summed E-state index contributed by atoms with van der Waals surface area (Å²) in [5.74, 6) is -0.972. The minimum atomic E-state index is -0.811. The van der Waals surface area contributed by atoms with E-state index >= 15 is 0 Å². The van der Waals surface area contributed by atoms with E-state index in [0.29, 0.717) is 19.3 Å². The zero-order valence-corrected chi connectivity index (χ0v) is 47.8. The van der Waals surface area contributed by atoms with Crippen molar-refractivity contribution in [3.8, 4) is 0 Å². The number of hydrogen-bond donors (Lipinski definition) is 0. The molecule has 0 saturated carbocycles. The molecule has 0 spiro atoms. The Bertz CT molecular complexity index is 1600. The molecule has 0 N–H and O–H groups in total. The number of esters is 3. The molecule has 0 aromatic heterocycles. The molecule has 6 nitrogen and oxygen atoms in total. The average molecular weight is 1020 g/mol. The van der Waals surface area contributed by atoms with Gasteiger partial charge in [0.15, 0.2) is 6.10 Å². The highest BCUT2D eigenvalue weighted by Crippen LogP contribution is 2.15. The van der Waals surface area contributed by atoms with Crippen LogP contribution in [0.4, 0.5) is 0 Å². The molecule has 418 valence electrons. The minimum absolute atomic E-state index is 0.104. The molecule has 0 aliphatic carbocycles. The molecule has 0 bridgehead atoms. The molecular weight excluding hydrogens is 913 g/mol. The number of rotatable bonds is 53. The summed E-state index contributed by atoms with van der Waals surface area (Å²) in [6, 6.07) is 0. The summed E-state index contributed by atoms with van der Waals surface area (Å²) in [6.07, 6.45) is 86.1. The van der Waals surface area contributed by atoms with Crippen molar-refractivity contribution < 1.29 is 28.6 Å². The summed E-state index contributed by atoms with van der Waals surface area (Å²) in [4.78, 5) is 38.1. The maximum atomic E-state index is 12.8. The van der Waals surface area contributed by atoms with Crippen LogP contribution in [0.1, 0.15) is 258 Å². The van der Waals surface area contributed by atoms with Crippen molar-refractivity contribution in [1.82, 2.24) is 0 Å². The highest BCUT2D eigenvalue weighted by Gasteiger charge is 2.19. The molecular formula is C68H110O6. The summed E-state index contributed by atoms with van der Waals surface area (Å²) in [7, 11) is 0. The normalized spacial score (nSPS) is 13.1. The van der Waals surface area contributed by atoms with Crippen molar-refractivity contribution in [1.29, 1.82) is 0 Å². The molecule has 0 aromatic rings. The van der Waals surface area contributed by atoms with E-state index in [1.807, 2.05) is 0 Å². The van der Waals surface area contributed by atoms with Crippen LogP contribution >= 0.6 is 0 Å². The first-order valence-electron chi connectivity index (χ1n) is 30.2. The summed E-state index contributed by atoms with van der Waals surface area (Å²) in [5, 5.41) is 0. The van der Waals surface area contributed by atoms with E-state index in [1.165, 1.54) is 96.3 Å². The molecule has 0 radical (unpaired) electrons. The van der Waals surface area contributed by atoms with Crippen LogP contribution in [0.15, 0.2) is 134 Å². The second kappa shape index (κ2) is 61.1. The molecule has 0 saturated heterocycles. The van der Waals surface area contributed by atoms with Crippen LogP contribution in [-0.4, -0.2) is 37.2 Å². The van der Waals surface area contributed by atoms with Crippen molar-refractivity contribution in [3.05, 3.63) is 134 Å². The van der Waals surface area contributed by atoms with Gasteiger partial charge in [-0.05, 0) is 109 Å². The first kappa shape index (κ1) is 69.5. The lowest BCUT2D eigenvalue weighted by Crippen LogP contribution is -2.30. The Labute approximate surface area is 455 Å². The van der Waals surface area contributed by atoms with Crippen molar-refractivity contribution >= 4 is 17.9 Å². The number of ether oxygens (including phenoxy) is 3. The topological polar surface area (TPSA) is 78.9 Å². The highest BCUT2D eigenvalue weighted by molar-refractivity contribution is 5.71. The van der Waals surface area contributed by atoms with Gasteiger partial charge in [0, 0.05) is 19.3 Å². The molecule has 0 amide bonds. The van der Waals surface area contributed by atoms with Crippen LogP contribution in [0, 0.1) is 0 Å². The summed E-state index contributed by atoms with van der Waals surface area (Å²) in [6.45, 7) is 6.33. The Kier molecular flexibility index (Phi) is 57.4. The van der Waals surface area contributed by atoms with E-state index in [2.05, 4.69) is 154 Å². The number of carbonyl (C=O) groups excluding carboxylic acids is 3. The molecule has 74 heavy (non-hydrogen) atoms. The molecule has 0 fully saturated rings. The van der Waals surface area contributed by atoms with Crippen LogP contribution in [0.25, 0.3) is 0 Å². The van der Waals surface area contributed by atoms with Crippen molar-refractivity contribution in [3.63, 3.8) is 0 Å². The van der Waals surface area contributed by atoms with Crippen molar-refractivity contribution in [2.45, 2.75) is 264 Å². The van der Waals surface area contributed by atoms with E-state index in [0.717, 1.165) is 116 Å². The van der Waals surface area contributed by atoms with Crippen molar-refractivity contribution in [2.24, 2.45) is 0 Å². The predicted octanol–water partition coefficient (Wildman–Crippen LogP) is 20.6. The van der Waals surface area contributed by atoms with Gasteiger partial charge in [-0.2, -0.15) is 0 Å². The molecule has 6 heteroatoms. The molecule has 0 aromatic carbocycles. The third kappa shape index (κ3) is 58.4. The van der Waals surface area contributed by atoms with Gasteiger partial charge in [0.1, 0.15) is 13.2 Å². The van der Waals surface area contributed by atoms with E-state index in [4.69, 9.17) is 14.2 Å². The number of unbranched alkanes of at least 4 members (excludes halogenated alkanes) is 20. The Morgan fingerprint density at radius 1 is 0.284 bits per heavy atom. The van der Waals surface area contributed by atoms with Gasteiger partial charge in [0.25, 0.3) is 0 Å². The Balaban J connectivity index is 4.32. The lowest BCUT2D eigenvalue weighted by Gasteiger charge is -2.18. The summed E-state index contributed by atoms with van der Waals surface area (Å²) >= 11 is 0. The first-order chi connectivity index (χ1) is 36.5. The molecule has 1 atom stereocenters. The van der Waals surface area contributed by atoms with Gasteiger partial charge < -0.3 is 14.2 Å². The fourth-order valence-corrected chi connectivity index (χ4v) is 7.95. The zero-order chi connectivity index (χ0) is 53.6. The maximum Gasteiger partial charge on any atom is 0.306 e. The van der Waals surface area contributed by atoms with E-state index < -0.39 is 6.10 Å². The maximum absolute atomic E-state index is 12.8. The molecule has 0 heterocycles. The van der Waals surface area contributed by atoms with Gasteiger partial charge in [-0.15, -0.1) is 0 Å². The Hall–Kier alpha value is -4.45. The third-order valence-corrected chi connectivity index (χ3v) is 12.4. The van der Waals surface area contributed by atoms with Gasteiger partial charge >= 0.3 is 17.9 Å². The van der Waals surface area contributed by atoms with Crippen LogP contribution in [0.5, 0.6) is 0 Å². The van der Waals surface area contributed by atoms with Gasteiger partial charge in [0.2, 0.25) is 0 Å². The fourth-order valence-electron chi connectivity index (χ4n) is 7.95. The van der Waals surface area contributed by atoms with E-state index in [1.54, 1.807) is 0 Å². The fraction of sp³-hybridized carbons (Fsp3) is 0.632. The van der Waals surface area contributed by atoms with Crippen LogP contribution in [0.2, 0.25) is 0 Å². The predicted molar refractivity (Wildman–Crippen MR) is 320 cm³/mol. The smallest absolute Gasteiger partial charge is 0.306 e. The van der Waals surface area contributed by atoms with Gasteiger partial charge in [-0.3, -0.25) is 14.4 Å². The van der Waals surface area contributed by atoms with Gasteiger partial charge in [-0.1, -0.05) is 264 Å². The zero-order valence-electron chi connectivity index (χ0n) is 47.8. The van der Waals surface area contributed by atoms with Crippen LogP contribution in [0.3, 0.4) is 0 Å². The van der Waals surface area contributed by atoms with Crippen LogP contribution in [-0.2, 0) is 28.6 Å².